The Morgan fingerprint density at radius 3 is 2.86 bits per heavy atom. The van der Waals surface area contributed by atoms with Crippen LogP contribution in [0.2, 0.25) is 0 Å². The van der Waals surface area contributed by atoms with Gasteiger partial charge >= 0.3 is 0 Å². The van der Waals surface area contributed by atoms with Crippen molar-refractivity contribution >= 4 is 5.91 Å². The molecule has 3 aliphatic rings. The highest BCUT2D eigenvalue weighted by Gasteiger charge is 2.29. The first-order valence-corrected chi connectivity index (χ1v) is 12.1. The van der Waals surface area contributed by atoms with Gasteiger partial charge in [-0.25, -0.2) is 0 Å². The molecule has 8 nitrogen and oxygen atoms in total. The molecule has 1 aromatic rings. The molecule has 1 amide bonds. The summed E-state index contributed by atoms with van der Waals surface area (Å²) in [5.41, 5.74) is 2.13. The molecule has 188 valence electrons. The molecule has 2 N–H and O–H groups in total. The van der Waals surface area contributed by atoms with Gasteiger partial charge in [-0.15, -0.1) is 0 Å². The van der Waals surface area contributed by atoms with Crippen molar-refractivity contribution in [2.45, 2.75) is 44.4 Å². The first kappa shape index (κ1) is 26.4. The first-order chi connectivity index (χ1) is 17.0. The second-order valence-corrected chi connectivity index (χ2v) is 8.68. The van der Waals surface area contributed by atoms with E-state index in [1.54, 1.807) is 23.4 Å². The van der Waals surface area contributed by atoms with E-state index in [2.05, 4.69) is 35.2 Å². The fraction of sp³-hybridized carbons (Fsp3) is 0.444. The summed E-state index contributed by atoms with van der Waals surface area (Å²) in [4.78, 5) is 20.4. The fourth-order valence-electron chi connectivity index (χ4n) is 3.92. The Kier molecular flexibility index (Phi) is 10.2. The third kappa shape index (κ3) is 7.62. The van der Waals surface area contributed by atoms with Gasteiger partial charge in [0.25, 0.3) is 5.91 Å². The van der Waals surface area contributed by atoms with Gasteiger partial charge in [-0.3, -0.25) is 9.78 Å². The number of ether oxygens (including phenoxy) is 1. The highest BCUT2D eigenvalue weighted by molar-refractivity contribution is 5.95. The lowest BCUT2D eigenvalue weighted by Crippen LogP contribution is -2.45. The van der Waals surface area contributed by atoms with Crippen LogP contribution in [0.3, 0.4) is 0 Å². The number of nitrogens with zero attached hydrogens (tertiary/aromatic N) is 4. The highest BCUT2D eigenvalue weighted by Crippen LogP contribution is 2.24. The van der Waals surface area contributed by atoms with Crippen molar-refractivity contribution in [3.8, 4) is 6.07 Å². The summed E-state index contributed by atoms with van der Waals surface area (Å²) in [6, 6.07) is 8.15. The molecule has 3 aliphatic heterocycles. The zero-order valence-corrected chi connectivity index (χ0v) is 20.5. The van der Waals surface area contributed by atoms with Crippen LogP contribution in [0, 0.1) is 11.3 Å². The van der Waals surface area contributed by atoms with Gasteiger partial charge in [0.1, 0.15) is 0 Å². The van der Waals surface area contributed by atoms with E-state index in [9.17, 15) is 9.90 Å². The van der Waals surface area contributed by atoms with E-state index in [4.69, 9.17) is 10.00 Å². The summed E-state index contributed by atoms with van der Waals surface area (Å²) >= 11 is 0. The molecule has 0 bridgehead atoms. The van der Waals surface area contributed by atoms with Gasteiger partial charge in [-0.2, -0.15) is 5.26 Å². The van der Waals surface area contributed by atoms with Crippen molar-refractivity contribution in [3.05, 3.63) is 77.9 Å². The lowest BCUT2D eigenvalue weighted by Gasteiger charge is -2.33. The Morgan fingerprint density at radius 1 is 1.37 bits per heavy atom. The molecule has 35 heavy (non-hydrogen) atoms. The third-order valence-corrected chi connectivity index (χ3v) is 6.26. The molecule has 0 radical (unpaired) electrons. The number of aliphatic hydroxyl groups is 1. The molecule has 4 rings (SSSR count). The minimum Gasteiger partial charge on any atom is -0.381 e. The molecular formula is C27H37N5O3. The summed E-state index contributed by atoms with van der Waals surface area (Å²) in [5.74, 6) is -0.289. The molecular weight excluding hydrogens is 442 g/mol. The van der Waals surface area contributed by atoms with Crippen LogP contribution in [0.25, 0.3) is 0 Å². The number of hydrogen-bond acceptors (Lipinski definition) is 7. The number of carbonyl (C=O) groups excluding carboxylic acids is 1. The number of pyridine rings is 1. The summed E-state index contributed by atoms with van der Waals surface area (Å²) in [6.45, 7) is 5.42. The van der Waals surface area contributed by atoms with Crippen LogP contribution in [0.5, 0.6) is 0 Å². The topological polar surface area (TPSA) is 102 Å². The number of rotatable bonds is 7. The lowest BCUT2D eigenvalue weighted by atomic mass is 10.0. The normalized spacial score (nSPS) is 20.1. The maximum absolute atomic E-state index is 12.3. The molecule has 0 saturated carbocycles. The van der Waals surface area contributed by atoms with Crippen molar-refractivity contribution in [2.24, 2.45) is 0 Å². The van der Waals surface area contributed by atoms with Crippen LogP contribution in [0.1, 0.15) is 39.2 Å². The number of carbonyl (C=O) groups is 1. The van der Waals surface area contributed by atoms with Crippen molar-refractivity contribution in [2.75, 3.05) is 33.4 Å². The van der Waals surface area contributed by atoms with E-state index in [1.165, 1.54) is 0 Å². The Morgan fingerprint density at radius 2 is 2.17 bits per heavy atom. The molecule has 2 atom stereocenters. The van der Waals surface area contributed by atoms with Crippen molar-refractivity contribution in [1.82, 2.24) is 20.1 Å². The molecule has 0 aromatic carbocycles. The second-order valence-electron chi connectivity index (χ2n) is 8.68. The summed E-state index contributed by atoms with van der Waals surface area (Å²) < 4.78 is 5.27. The monoisotopic (exact) mass is 479 g/mol. The summed E-state index contributed by atoms with van der Waals surface area (Å²) in [5, 5.41) is 22.3. The second kappa shape index (κ2) is 13.6. The van der Waals surface area contributed by atoms with E-state index >= 15 is 0 Å². The summed E-state index contributed by atoms with van der Waals surface area (Å²) in [7, 11) is 2.06. The zero-order valence-electron chi connectivity index (χ0n) is 20.5. The van der Waals surface area contributed by atoms with Gasteiger partial charge in [0.2, 0.25) is 0 Å². The Bertz CT molecular complexity index is 996. The molecule has 2 unspecified atom stereocenters. The fourth-order valence-corrected chi connectivity index (χ4v) is 3.92. The zero-order chi connectivity index (χ0) is 25.0. The molecule has 1 aromatic heterocycles. The largest absolute Gasteiger partial charge is 0.381 e. The number of aromatic nitrogens is 1. The summed E-state index contributed by atoms with van der Waals surface area (Å²) in [6.07, 6.45) is 14.2. The number of fused-ring (bicyclic) bond motifs is 1. The van der Waals surface area contributed by atoms with Gasteiger partial charge < -0.3 is 25.0 Å². The molecule has 4 heterocycles. The van der Waals surface area contributed by atoms with Crippen LogP contribution in [0.4, 0.5) is 0 Å². The van der Waals surface area contributed by atoms with Crippen molar-refractivity contribution in [1.29, 1.82) is 5.26 Å². The predicted octanol–water partition coefficient (Wildman–Crippen LogP) is 3.09. The average Bonchev–Trinajstić information content (AvgIpc) is 2.90. The van der Waals surface area contributed by atoms with E-state index in [0.29, 0.717) is 18.8 Å². The smallest absolute Gasteiger partial charge is 0.251 e. The van der Waals surface area contributed by atoms with Gasteiger partial charge in [-0.05, 0) is 75.8 Å². The minimum atomic E-state index is -0.934. The third-order valence-electron chi connectivity index (χ3n) is 6.26. The number of nitrogens with one attached hydrogen (secondary N) is 1. The SMILES string of the molecule is CCN(C)CCC(C#N)c1ccccn1.O=C(NC1CCOCC1)C1=CC=C2C=CC=CN2C1O.[HH]. The quantitative estimate of drug-likeness (QED) is 0.620. The number of hydrogen-bond donors (Lipinski definition) is 2. The van der Waals surface area contributed by atoms with E-state index in [1.807, 2.05) is 42.5 Å². The van der Waals surface area contributed by atoms with Crippen LogP contribution >= 0.6 is 0 Å². The first-order valence-electron chi connectivity index (χ1n) is 12.1. The Balaban J connectivity index is 0.000000258. The number of allylic oxidation sites excluding steroid dienone is 5. The standard InChI is InChI=1S/C15H18N2O3.C12H17N3.H2/c18-14(16-11-6-9-20-10-7-11)13-5-4-12-3-1-2-8-17(12)15(13)19;1-3-15(2)9-7-11(10-13)12-6-4-5-8-14-12;/h1-5,8,11,15,19H,6-7,9-10H2,(H,16,18);4-6,8,11H,3,7,9H2,1-2H3;1H. The molecule has 8 heteroatoms. The van der Waals surface area contributed by atoms with E-state index < -0.39 is 6.23 Å². The van der Waals surface area contributed by atoms with Gasteiger partial charge in [0.05, 0.1) is 23.3 Å². The molecule has 0 spiro atoms. The van der Waals surface area contributed by atoms with Crippen LogP contribution < -0.4 is 5.32 Å². The number of nitriles is 1. The van der Waals surface area contributed by atoms with Crippen molar-refractivity contribution < 1.29 is 16.1 Å². The minimum absolute atomic E-state index is 0. The maximum Gasteiger partial charge on any atom is 0.251 e. The number of amides is 1. The van der Waals surface area contributed by atoms with Crippen LogP contribution in [-0.2, 0) is 9.53 Å². The Hall–Kier alpha value is -3.25. The highest BCUT2D eigenvalue weighted by atomic mass is 16.5. The predicted molar refractivity (Wildman–Crippen MR) is 137 cm³/mol. The van der Waals surface area contributed by atoms with Gasteiger partial charge in [-0.1, -0.05) is 19.1 Å². The van der Waals surface area contributed by atoms with E-state index in [-0.39, 0.29) is 19.3 Å². The van der Waals surface area contributed by atoms with E-state index in [0.717, 1.165) is 43.7 Å². The van der Waals surface area contributed by atoms with Crippen molar-refractivity contribution in [3.63, 3.8) is 0 Å². The molecule has 1 fully saturated rings. The average molecular weight is 480 g/mol. The Labute approximate surface area is 209 Å². The molecule has 1 saturated heterocycles. The van der Waals surface area contributed by atoms with Crippen LogP contribution in [-0.4, -0.2) is 71.4 Å². The van der Waals surface area contributed by atoms with Crippen LogP contribution in [0.15, 0.2) is 72.2 Å². The lowest BCUT2D eigenvalue weighted by molar-refractivity contribution is -0.120. The molecule has 0 aliphatic carbocycles. The maximum atomic E-state index is 12.3. The van der Waals surface area contributed by atoms with Gasteiger partial charge in [0, 0.05) is 38.8 Å². The number of aliphatic hydroxyl groups excluding tert-OH is 1. The van der Waals surface area contributed by atoms with Gasteiger partial charge in [0.15, 0.2) is 6.23 Å².